The lowest BCUT2D eigenvalue weighted by atomic mass is 10.0. The summed E-state index contributed by atoms with van der Waals surface area (Å²) in [5.41, 5.74) is 3.28. The molecule has 20 heavy (non-hydrogen) atoms. The molecule has 1 aromatic heterocycles. The lowest BCUT2D eigenvalue weighted by molar-refractivity contribution is 0.0596. The van der Waals surface area contributed by atoms with Gasteiger partial charge in [-0.05, 0) is 37.7 Å². The fourth-order valence-electron chi connectivity index (χ4n) is 2.15. The fraction of sp³-hybridized carbons (Fsp3) is 0.438. The molecule has 2 rings (SSSR count). The fourth-order valence-corrected chi connectivity index (χ4v) is 2.15. The number of hydrogen-bond acceptors (Lipinski definition) is 4. The van der Waals surface area contributed by atoms with Crippen molar-refractivity contribution in [3.8, 4) is 0 Å². The quantitative estimate of drug-likeness (QED) is 0.788. The number of aryl methyl sites for hydroxylation is 1. The molecule has 1 atom stereocenters. The zero-order valence-electron chi connectivity index (χ0n) is 12.3. The summed E-state index contributed by atoms with van der Waals surface area (Å²) < 4.78 is 10.6. The van der Waals surface area contributed by atoms with Gasteiger partial charge >= 0.3 is 0 Å². The van der Waals surface area contributed by atoms with E-state index in [1.54, 1.807) is 7.11 Å². The van der Waals surface area contributed by atoms with E-state index in [9.17, 15) is 0 Å². The summed E-state index contributed by atoms with van der Waals surface area (Å²) in [6, 6.07) is 10.7. The number of benzene rings is 1. The number of nitrogens with zero attached hydrogens (tertiary/aromatic N) is 1. The smallest absolute Gasteiger partial charge is 0.0705 e. The molecule has 1 heterocycles. The van der Waals surface area contributed by atoms with Crippen molar-refractivity contribution in [3.63, 3.8) is 0 Å². The number of rotatable bonds is 7. The van der Waals surface area contributed by atoms with Crippen LogP contribution in [0.2, 0.25) is 0 Å². The Morgan fingerprint density at radius 2 is 2.05 bits per heavy atom. The van der Waals surface area contributed by atoms with E-state index in [0.29, 0.717) is 19.8 Å². The lowest BCUT2D eigenvalue weighted by Crippen LogP contribution is -2.22. The Hall–Kier alpha value is -1.49. The minimum Gasteiger partial charge on any atom is -0.382 e. The summed E-state index contributed by atoms with van der Waals surface area (Å²) in [6.07, 6.45) is 0. The molecular weight excluding hydrogens is 252 g/mol. The molecule has 0 saturated carbocycles. The van der Waals surface area contributed by atoms with Crippen LogP contribution in [0.5, 0.6) is 0 Å². The highest BCUT2D eigenvalue weighted by molar-refractivity contribution is 5.79. The SMILES string of the molecule is CNC(COCCOC)c1ccc2nc(C)ccc2c1. The van der Waals surface area contributed by atoms with Gasteiger partial charge in [0, 0.05) is 18.2 Å². The monoisotopic (exact) mass is 274 g/mol. The van der Waals surface area contributed by atoms with Gasteiger partial charge in [0.25, 0.3) is 0 Å². The predicted molar refractivity (Wildman–Crippen MR) is 81.0 cm³/mol. The molecule has 1 unspecified atom stereocenters. The normalized spacial score (nSPS) is 12.8. The van der Waals surface area contributed by atoms with Crippen LogP contribution in [-0.2, 0) is 9.47 Å². The second-order valence-corrected chi connectivity index (χ2v) is 4.81. The third-order valence-corrected chi connectivity index (χ3v) is 3.32. The number of hydrogen-bond donors (Lipinski definition) is 1. The average Bonchev–Trinajstić information content (AvgIpc) is 2.47. The lowest BCUT2D eigenvalue weighted by Gasteiger charge is -2.17. The third kappa shape index (κ3) is 3.76. The molecule has 1 aromatic carbocycles. The highest BCUT2D eigenvalue weighted by Crippen LogP contribution is 2.20. The standard InChI is InChI=1S/C16H22N2O2/c1-12-4-5-13-10-14(6-7-15(13)18-12)16(17-2)11-20-9-8-19-3/h4-7,10,16-17H,8-9,11H2,1-3H3. The maximum atomic E-state index is 5.61. The van der Waals surface area contributed by atoms with Gasteiger partial charge < -0.3 is 14.8 Å². The van der Waals surface area contributed by atoms with Gasteiger partial charge in [0.05, 0.1) is 31.4 Å². The maximum absolute atomic E-state index is 5.61. The van der Waals surface area contributed by atoms with Gasteiger partial charge in [-0.2, -0.15) is 0 Å². The molecule has 1 N–H and O–H groups in total. The first-order valence-corrected chi connectivity index (χ1v) is 6.86. The number of methoxy groups -OCH3 is 1. The van der Waals surface area contributed by atoms with Gasteiger partial charge in [0.15, 0.2) is 0 Å². The van der Waals surface area contributed by atoms with Crippen molar-refractivity contribution in [2.45, 2.75) is 13.0 Å². The zero-order valence-corrected chi connectivity index (χ0v) is 12.3. The molecule has 4 nitrogen and oxygen atoms in total. The van der Waals surface area contributed by atoms with Crippen LogP contribution >= 0.6 is 0 Å². The van der Waals surface area contributed by atoms with Crippen molar-refractivity contribution in [1.82, 2.24) is 10.3 Å². The average molecular weight is 274 g/mol. The number of pyridine rings is 1. The van der Waals surface area contributed by atoms with Crippen LogP contribution in [0.3, 0.4) is 0 Å². The van der Waals surface area contributed by atoms with Gasteiger partial charge in [-0.3, -0.25) is 4.98 Å². The summed E-state index contributed by atoms with van der Waals surface area (Å²) in [7, 11) is 3.62. The second kappa shape index (κ2) is 7.33. The van der Waals surface area contributed by atoms with E-state index in [-0.39, 0.29) is 6.04 Å². The van der Waals surface area contributed by atoms with Crippen molar-refractivity contribution >= 4 is 10.9 Å². The Morgan fingerprint density at radius 1 is 1.20 bits per heavy atom. The molecule has 0 aliphatic carbocycles. The molecular formula is C16H22N2O2. The topological polar surface area (TPSA) is 43.4 Å². The molecule has 0 aliphatic rings. The molecule has 0 fully saturated rings. The highest BCUT2D eigenvalue weighted by atomic mass is 16.5. The van der Waals surface area contributed by atoms with Crippen molar-refractivity contribution in [2.75, 3.05) is 34.0 Å². The Kier molecular flexibility index (Phi) is 5.47. The maximum Gasteiger partial charge on any atom is 0.0705 e. The van der Waals surface area contributed by atoms with Crippen LogP contribution in [0.25, 0.3) is 10.9 Å². The number of likely N-dealkylation sites (N-methyl/N-ethyl adjacent to an activating group) is 1. The Balaban J connectivity index is 2.11. The van der Waals surface area contributed by atoms with Crippen LogP contribution < -0.4 is 5.32 Å². The molecule has 4 heteroatoms. The van der Waals surface area contributed by atoms with Gasteiger partial charge in [-0.25, -0.2) is 0 Å². The molecule has 0 saturated heterocycles. The van der Waals surface area contributed by atoms with Crippen molar-refractivity contribution in [1.29, 1.82) is 0 Å². The predicted octanol–water partition coefficient (Wildman–Crippen LogP) is 2.47. The van der Waals surface area contributed by atoms with Gasteiger partial charge in [0.1, 0.15) is 0 Å². The summed E-state index contributed by atoms with van der Waals surface area (Å²) in [6.45, 7) is 3.87. The van der Waals surface area contributed by atoms with E-state index in [4.69, 9.17) is 9.47 Å². The first-order valence-electron chi connectivity index (χ1n) is 6.86. The van der Waals surface area contributed by atoms with Crippen LogP contribution in [0.15, 0.2) is 30.3 Å². The van der Waals surface area contributed by atoms with Gasteiger partial charge in [-0.15, -0.1) is 0 Å². The first-order chi connectivity index (χ1) is 9.74. The zero-order chi connectivity index (χ0) is 14.4. The van der Waals surface area contributed by atoms with Gasteiger partial charge in [-0.1, -0.05) is 12.1 Å². The van der Waals surface area contributed by atoms with E-state index in [1.807, 2.05) is 20.0 Å². The molecule has 2 aromatic rings. The van der Waals surface area contributed by atoms with Crippen LogP contribution in [0.1, 0.15) is 17.3 Å². The van der Waals surface area contributed by atoms with E-state index in [1.165, 1.54) is 5.56 Å². The molecule has 0 spiro atoms. The van der Waals surface area contributed by atoms with Crippen molar-refractivity contribution < 1.29 is 9.47 Å². The Morgan fingerprint density at radius 3 is 2.80 bits per heavy atom. The highest BCUT2D eigenvalue weighted by Gasteiger charge is 2.10. The number of ether oxygens (including phenoxy) is 2. The largest absolute Gasteiger partial charge is 0.382 e. The number of fused-ring (bicyclic) bond motifs is 1. The second-order valence-electron chi connectivity index (χ2n) is 4.81. The molecule has 108 valence electrons. The first kappa shape index (κ1) is 14.9. The van der Waals surface area contributed by atoms with Crippen LogP contribution in [0, 0.1) is 6.92 Å². The number of nitrogens with one attached hydrogen (secondary N) is 1. The molecule has 0 radical (unpaired) electrons. The Bertz CT molecular complexity index is 557. The summed E-state index contributed by atoms with van der Waals surface area (Å²) >= 11 is 0. The van der Waals surface area contributed by atoms with Crippen LogP contribution in [0.4, 0.5) is 0 Å². The van der Waals surface area contributed by atoms with Crippen molar-refractivity contribution in [2.24, 2.45) is 0 Å². The van der Waals surface area contributed by atoms with E-state index >= 15 is 0 Å². The van der Waals surface area contributed by atoms with E-state index < -0.39 is 0 Å². The molecule has 0 bridgehead atoms. The van der Waals surface area contributed by atoms with Crippen LogP contribution in [-0.4, -0.2) is 39.0 Å². The summed E-state index contributed by atoms with van der Waals surface area (Å²) in [5, 5.41) is 4.44. The Labute approximate surface area is 120 Å². The third-order valence-electron chi connectivity index (χ3n) is 3.32. The van der Waals surface area contributed by atoms with E-state index in [0.717, 1.165) is 16.6 Å². The van der Waals surface area contributed by atoms with Crippen molar-refractivity contribution in [3.05, 3.63) is 41.6 Å². The number of aromatic nitrogens is 1. The van der Waals surface area contributed by atoms with Gasteiger partial charge in [0.2, 0.25) is 0 Å². The minimum atomic E-state index is 0.178. The van der Waals surface area contributed by atoms with E-state index in [2.05, 4.69) is 34.6 Å². The summed E-state index contributed by atoms with van der Waals surface area (Å²) in [4.78, 5) is 4.52. The summed E-state index contributed by atoms with van der Waals surface area (Å²) in [5.74, 6) is 0. The minimum absolute atomic E-state index is 0.178. The molecule has 0 aliphatic heterocycles. The molecule has 0 amide bonds.